The maximum absolute atomic E-state index is 13.0. The number of likely N-dealkylation sites (tertiary alicyclic amines) is 1. The minimum atomic E-state index is 0.179. The van der Waals surface area contributed by atoms with Crippen LogP contribution in [0.4, 0.5) is 0 Å². The number of hydrogen-bond donors (Lipinski definition) is 0. The van der Waals surface area contributed by atoms with E-state index in [0.717, 1.165) is 67.2 Å². The van der Waals surface area contributed by atoms with Gasteiger partial charge in [-0.1, -0.05) is 17.2 Å². The molecule has 2 heterocycles. The van der Waals surface area contributed by atoms with E-state index in [1.807, 2.05) is 18.5 Å². The molecule has 0 N–H and O–H groups in total. The molecule has 1 unspecified atom stereocenters. The van der Waals surface area contributed by atoms with E-state index in [2.05, 4.69) is 39.6 Å². The Kier molecular flexibility index (Phi) is 4.79. The normalized spacial score (nSPS) is 19.9. The zero-order valence-electron chi connectivity index (χ0n) is 15.8. The third kappa shape index (κ3) is 3.81. The third-order valence-corrected chi connectivity index (χ3v) is 5.66. The van der Waals surface area contributed by atoms with Gasteiger partial charge < -0.3 is 9.47 Å². The molecule has 1 aromatic carbocycles. The first-order valence-corrected chi connectivity index (χ1v) is 9.86. The smallest absolute Gasteiger partial charge is 0.254 e. The van der Waals surface area contributed by atoms with Gasteiger partial charge in [-0.15, -0.1) is 10.2 Å². The number of aromatic nitrogens is 3. The van der Waals surface area contributed by atoms with Crippen molar-refractivity contribution < 1.29 is 4.79 Å². The summed E-state index contributed by atoms with van der Waals surface area (Å²) in [5.74, 6) is 2.07. The van der Waals surface area contributed by atoms with E-state index in [-0.39, 0.29) is 5.91 Å². The largest absolute Gasteiger partial charge is 0.336 e. The molecule has 1 saturated carbocycles. The number of carbonyl (C=O) groups excluding carboxylic acids is 1. The SMILES string of the molecule is Cc1cc(C)cc(C(=O)N2CCCC2CCc2nncn2CC2CC2)c1. The molecular formula is C21H28N4O. The van der Waals surface area contributed by atoms with Crippen molar-refractivity contribution in [1.29, 1.82) is 0 Å². The third-order valence-electron chi connectivity index (χ3n) is 5.66. The molecule has 0 radical (unpaired) electrons. The molecule has 26 heavy (non-hydrogen) atoms. The summed E-state index contributed by atoms with van der Waals surface area (Å²) in [5.41, 5.74) is 3.13. The topological polar surface area (TPSA) is 51.0 Å². The minimum absolute atomic E-state index is 0.179. The van der Waals surface area contributed by atoms with E-state index < -0.39 is 0 Å². The van der Waals surface area contributed by atoms with Gasteiger partial charge in [-0.2, -0.15) is 0 Å². The van der Waals surface area contributed by atoms with E-state index >= 15 is 0 Å². The van der Waals surface area contributed by atoms with Gasteiger partial charge in [0.1, 0.15) is 12.2 Å². The molecule has 1 amide bonds. The van der Waals surface area contributed by atoms with Crippen LogP contribution in [0.3, 0.4) is 0 Å². The lowest BCUT2D eigenvalue weighted by Crippen LogP contribution is -2.36. The van der Waals surface area contributed by atoms with E-state index in [1.54, 1.807) is 0 Å². The average Bonchev–Trinajstić information content (AvgIpc) is 3.12. The van der Waals surface area contributed by atoms with Gasteiger partial charge >= 0.3 is 0 Å². The molecule has 2 fully saturated rings. The van der Waals surface area contributed by atoms with Crippen LogP contribution in [0.15, 0.2) is 24.5 Å². The fraction of sp³-hybridized carbons (Fsp3) is 0.571. The highest BCUT2D eigenvalue weighted by Crippen LogP contribution is 2.31. The highest BCUT2D eigenvalue weighted by molar-refractivity contribution is 5.95. The zero-order valence-corrected chi connectivity index (χ0v) is 15.8. The van der Waals surface area contributed by atoms with Crippen molar-refractivity contribution in [3.8, 4) is 0 Å². The van der Waals surface area contributed by atoms with Crippen molar-refractivity contribution in [2.24, 2.45) is 5.92 Å². The maximum Gasteiger partial charge on any atom is 0.254 e. The van der Waals surface area contributed by atoms with Gasteiger partial charge in [-0.25, -0.2) is 0 Å². The molecular weight excluding hydrogens is 324 g/mol. The Morgan fingerprint density at radius 1 is 1.15 bits per heavy atom. The van der Waals surface area contributed by atoms with Crippen molar-refractivity contribution in [3.05, 3.63) is 47.0 Å². The van der Waals surface area contributed by atoms with Gasteiger partial charge in [0, 0.05) is 31.1 Å². The molecule has 2 aliphatic rings. The second-order valence-corrected chi connectivity index (χ2v) is 8.05. The first kappa shape index (κ1) is 17.3. The molecule has 0 spiro atoms. The average molecular weight is 352 g/mol. The van der Waals surface area contributed by atoms with Crippen LogP contribution in [-0.2, 0) is 13.0 Å². The summed E-state index contributed by atoms with van der Waals surface area (Å²) in [4.78, 5) is 15.1. The minimum Gasteiger partial charge on any atom is -0.336 e. The van der Waals surface area contributed by atoms with Crippen LogP contribution in [0.1, 0.15) is 59.4 Å². The number of rotatable bonds is 6. The van der Waals surface area contributed by atoms with E-state index in [9.17, 15) is 4.79 Å². The summed E-state index contributed by atoms with van der Waals surface area (Å²) in [5, 5.41) is 8.42. The number of hydrogen-bond acceptors (Lipinski definition) is 3. The lowest BCUT2D eigenvalue weighted by molar-refractivity contribution is 0.0730. The predicted octanol–water partition coefficient (Wildman–Crippen LogP) is 3.54. The number of carbonyl (C=O) groups is 1. The standard InChI is InChI=1S/C21H28N4O/c1-15-10-16(2)12-18(11-15)21(26)25-9-3-4-19(25)7-8-20-23-22-14-24(20)13-17-5-6-17/h10-12,14,17,19H,3-9,13H2,1-2H3. The highest BCUT2D eigenvalue weighted by Gasteiger charge is 2.30. The molecule has 5 heteroatoms. The highest BCUT2D eigenvalue weighted by atomic mass is 16.2. The number of nitrogens with zero attached hydrogens (tertiary/aromatic N) is 4. The molecule has 4 rings (SSSR count). The van der Waals surface area contributed by atoms with Gasteiger partial charge in [0.2, 0.25) is 0 Å². The van der Waals surface area contributed by atoms with Crippen molar-refractivity contribution in [3.63, 3.8) is 0 Å². The van der Waals surface area contributed by atoms with Crippen molar-refractivity contribution in [2.45, 2.75) is 65.0 Å². The summed E-state index contributed by atoms with van der Waals surface area (Å²) >= 11 is 0. The van der Waals surface area contributed by atoms with Crippen LogP contribution >= 0.6 is 0 Å². The van der Waals surface area contributed by atoms with Crippen LogP contribution in [0.2, 0.25) is 0 Å². The summed E-state index contributed by atoms with van der Waals surface area (Å²) in [6.07, 6.45) is 8.58. The lowest BCUT2D eigenvalue weighted by Gasteiger charge is -2.25. The molecule has 5 nitrogen and oxygen atoms in total. The lowest BCUT2D eigenvalue weighted by atomic mass is 10.0. The Bertz CT molecular complexity index is 773. The Morgan fingerprint density at radius 3 is 2.65 bits per heavy atom. The van der Waals surface area contributed by atoms with Gasteiger partial charge in [-0.3, -0.25) is 4.79 Å². The quantitative estimate of drug-likeness (QED) is 0.799. The Balaban J connectivity index is 1.41. The Morgan fingerprint density at radius 2 is 1.92 bits per heavy atom. The van der Waals surface area contributed by atoms with Crippen LogP contribution in [0.25, 0.3) is 0 Å². The first-order chi connectivity index (χ1) is 12.6. The first-order valence-electron chi connectivity index (χ1n) is 9.86. The molecule has 2 aromatic rings. The summed E-state index contributed by atoms with van der Waals surface area (Å²) in [6.45, 7) is 6.03. The van der Waals surface area contributed by atoms with E-state index in [0.29, 0.717) is 6.04 Å². The van der Waals surface area contributed by atoms with Crippen molar-refractivity contribution >= 4 is 5.91 Å². The molecule has 1 aliphatic heterocycles. The molecule has 1 saturated heterocycles. The summed E-state index contributed by atoms with van der Waals surface area (Å²) < 4.78 is 2.21. The summed E-state index contributed by atoms with van der Waals surface area (Å²) in [7, 11) is 0. The van der Waals surface area contributed by atoms with Crippen molar-refractivity contribution in [2.75, 3.05) is 6.54 Å². The predicted molar refractivity (Wildman–Crippen MR) is 101 cm³/mol. The molecule has 1 aliphatic carbocycles. The zero-order chi connectivity index (χ0) is 18.1. The second kappa shape index (κ2) is 7.22. The number of amides is 1. The maximum atomic E-state index is 13.0. The number of aryl methyl sites for hydroxylation is 3. The van der Waals surface area contributed by atoms with Crippen molar-refractivity contribution in [1.82, 2.24) is 19.7 Å². The van der Waals surface area contributed by atoms with Crippen LogP contribution in [0, 0.1) is 19.8 Å². The summed E-state index contributed by atoms with van der Waals surface area (Å²) in [6, 6.07) is 6.45. The van der Waals surface area contributed by atoms with Gasteiger partial charge in [0.15, 0.2) is 0 Å². The van der Waals surface area contributed by atoms with Crippen LogP contribution in [0.5, 0.6) is 0 Å². The monoisotopic (exact) mass is 352 g/mol. The number of benzene rings is 1. The van der Waals surface area contributed by atoms with E-state index in [4.69, 9.17) is 0 Å². The van der Waals surface area contributed by atoms with Gasteiger partial charge in [-0.05, 0) is 64.0 Å². The second-order valence-electron chi connectivity index (χ2n) is 8.05. The fourth-order valence-electron chi connectivity index (χ4n) is 4.17. The van der Waals surface area contributed by atoms with Gasteiger partial charge in [0.05, 0.1) is 0 Å². The molecule has 0 bridgehead atoms. The van der Waals surface area contributed by atoms with E-state index in [1.165, 1.54) is 12.8 Å². The Labute approximate surface area is 155 Å². The molecule has 1 atom stereocenters. The molecule has 1 aromatic heterocycles. The Hall–Kier alpha value is -2.17. The van der Waals surface area contributed by atoms with Crippen LogP contribution < -0.4 is 0 Å². The van der Waals surface area contributed by atoms with Gasteiger partial charge in [0.25, 0.3) is 5.91 Å². The fourth-order valence-corrected chi connectivity index (χ4v) is 4.17. The molecule has 138 valence electrons. The van der Waals surface area contributed by atoms with Crippen LogP contribution in [-0.4, -0.2) is 38.2 Å².